The molecule has 2 N–H and O–H groups in total. The zero-order chi connectivity index (χ0) is 14.0. The number of rotatable bonds is 3. The van der Waals surface area contributed by atoms with Crippen LogP contribution in [0.15, 0.2) is 18.2 Å². The second-order valence-electron chi connectivity index (χ2n) is 6.27. The van der Waals surface area contributed by atoms with Gasteiger partial charge in [0.2, 0.25) is 0 Å². The summed E-state index contributed by atoms with van der Waals surface area (Å²) in [6.07, 6.45) is 0.633. The Morgan fingerprint density at radius 3 is 2.74 bits per heavy atom. The van der Waals surface area contributed by atoms with Crippen LogP contribution in [0.1, 0.15) is 32.8 Å². The molecule has 106 valence electrons. The molecule has 0 aromatic heterocycles. The third-order valence-corrected chi connectivity index (χ3v) is 3.59. The van der Waals surface area contributed by atoms with E-state index >= 15 is 0 Å². The standard InChI is InChI=1S/C15H23ClN2O/c1-15(2,3)17-9-11-8-12(16)4-5-14(11)18-7-6-13(19)10-18/h4-5,8,13,17,19H,6-7,9-10H2,1-3H3. The van der Waals surface area contributed by atoms with Crippen molar-refractivity contribution in [2.45, 2.75) is 45.4 Å². The number of β-amino-alcohol motifs (C(OH)–C–C–N with tert-alkyl or cyclic N) is 1. The lowest BCUT2D eigenvalue weighted by atomic mass is 10.1. The number of aliphatic hydroxyl groups is 1. The number of nitrogens with one attached hydrogen (secondary N) is 1. The fourth-order valence-corrected chi connectivity index (χ4v) is 2.52. The van der Waals surface area contributed by atoms with Gasteiger partial charge in [0, 0.05) is 35.9 Å². The van der Waals surface area contributed by atoms with Crippen molar-refractivity contribution in [2.75, 3.05) is 18.0 Å². The number of benzene rings is 1. The second kappa shape index (κ2) is 5.70. The van der Waals surface area contributed by atoms with Crippen molar-refractivity contribution in [1.29, 1.82) is 0 Å². The van der Waals surface area contributed by atoms with Crippen LogP contribution in [0.2, 0.25) is 5.02 Å². The van der Waals surface area contributed by atoms with E-state index in [0.717, 1.165) is 24.5 Å². The van der Waals surface area contributed by atoms with Gasteiger partial charge in [0.05, 0.1) is 6.10 Å². The van der Waals surface area contributed by atoms with Gasteiger partial charge in [-0.1, -0.05) is 11.6 Å². The molecule has 1 atom stereocenters. The molecule has 1 unspecified atom stereocenters. The first-order chi connectivity index (χ1) is 8.85. The average Bonchev–Trinajstić information content (AvgIpc) is 2.72. The third-order valence-electron chi connectivity index (χ3n) is 3.35. The van der Waals surface area contributed by atoms with Crippen LogP contribution in [0, 0.1) is 0 Å². The maximum Gasteiger partial charge on any atom is 0.0731 e. The van der Waals surface area contributed by atoms with Crippen molar-refractivity contribution in [3.63, 3.8) is 0 Å². The van der Waals surface area contributed by atoms with E-state index in [2.05, 4.69) is 37.1 Å². The third kappa shape index (κ3) is 4.10. The molecule has 1 saturated heterocycles. The molecule has 4 heteroatoms. The van der Waals surface area contributed by atoms with E-state index in [-0.39, 0.29) is 11.6 Å². The van der Waals surface area contributed by atoms with Gasteiger partial charge < -0.3 is 15.3 Å². The molecule has 3 nitrogen and oxygen atoms in total. The van der Waals surface area contributed by atoms with Gasteiger partial charge in [-0.05, 0) is 51.0 Å². The lowest BCUT2D eigenvalue weighted by molar-refractivity contribution is 0.198. The first-order valence-corrected chi connectivity index (χ1v) is 7.19. The van der Waals surface area contributed by atoms with Crippen LogP contribution in [-0.2, 0) is 6.54 Å². The Hall–Kier alpha value is -0.770. The van der Waals surface area contributed by atoms with E-state index in [1.165, 1.54) is 11.3 Å². The lowest BCUT2D eigenvalue weighted by Gasteiger charge is -2.25. The highest BCUT2D eigenvalue weighted by atomic mass is 35.5. The van der Waals surface area contributed by atoms with Crippen molar-refractivity contribution >= 4 is 17.3 Å². The van der Waals surface area contributed by atoms with Crippen molar-refractivity contribution in [1.82, 2.24) is 5.32 Å². The molecule has 1 aromatic rings. The first kappa shape index (κ1) is 14.6. The van der Waals surface area contributed by atoms with E-state index in [1.54, 1.807) is 0 Å². The van der Waals surface area contributed by atoms with Crippen molar-refractivity contribution in [3.05, 3.63) is 28.8 Å². The van der Waals surface area contributed by atoms with Crippen LogP contribution < -0.4 is 10.2 Å². The number of anilines is 1. The van der Waals surface area contributed by atoms with Gasteiger partial charge in [0.25, 0.3) is 0 Å². The smallest absolute Gasteiger partial charge is 0.0731 e. The Morgan fingerprint density at radius 2 is 2.16 bits per heavy atom. The Morgan fingerprint density at radius 1 is 1.42 bits per heavy atom. The Bertz CT molecular complexity index is 442. The normalized spacial score (nSPS) is 20.1. The molecule has 1 heterocycles. The molecule has 0 aliphatic carbocycles. The van der Waals surface area contributed by atoms with Crippen molar-refractivity contribution in [3.8, 4) is 0 Å². The largest absolute Gasteiger partial charge is 0.391 e. The summed E-state index contributed by atoms with van der Waals surface area (Å²) >= 11 is 6.11. The minimum Gasteiger partial charge on any atom is -0.391 e. The van der Waals surface area contributed by atoms with E-state index < -0.39 is 0 Å². The number of aliphatic hydroxyl groups excluding tert-OH is 1. The minimum atomic E-state index is -0.209. The molecular formula is C15H23ClN2O. The predicted molar refractivity (Wildman–Crippen MR) is 80.9 cm³/mol. The van der Waals surface area contributed by atoms with Crippen LogP contribution in [0.5, 0.6) is 0 Å². The molecule has 0 bridgehead atoms. The molecule has 2 rings (SSSR count). The summed E-state index contributed by atoms with van der Waals surface area (Å²) in [6, 6.07) is 5.99. The highest BCUT2D eigenvalue weighted by Gasteiger charge is 2.22. The molecule has 1 aromatic carbocycles. The molecule has 0 radical (unpaired) electrons. The van der Waals surface area contributed by atoms with Crippen LogP contribution in [0.25, 0.3) is 0 Å². The molecule has 1 aliphatic heterocycles. The number of halogens is 1. The highest BCUT2D eigenvalue weighted by molar-refractivity contribution is 6.30. The topological polar surface area (TPSA) is 35.5 Å². The fourth-order valence-electron chi connectivity index (χ4n) is 2.33. The van der Waals surface area contributed by atoms with Gasteiger partial charge in [0.15, 0.2) is 0 Å². The average molecular weight is 283 g/mol. The predicted octanol–water partition coefficient (Wildman–Crippen LogP) is 2.80. The number of nitrogens with zero attached hydrogens (tertiary/aromatic N) is 1. The van der Waals surface area contributed by atoms with E-state index in [0.29, 0.717) is 6.54 Å². The summed E-state index contributed by atoms with van der Waals surface area (Å²) in [7, 11) is 0. The van der Waals surface area contributed by atoms with Crippen molar-refractivity contribution < 1.29 is 5.11 Å². The van der Waals surface area contributed by atoms with Gasteiger partial charge in [-0.15, -0.1) is 0 Å². The van der Waals surface area contributed by atoms with Gasteiger partial charge >= 0.3 is 0 Å². The molecule has 1 aliphatic rings. The van der Waals surface area contributed by atoms with E-state index in [1.807, 2.05) is 12.1 Å². The summed E-state index contributed by atoms with van der Waals surface area (Å²) < 4.78 is 0. The lowest BCUT2D eigenvalue weighted by Crippen LogP contribution is -2.35. The monoisotopic (exact) mass is 282 g/mol. The van der Waals surface area contributed by atoms with Crippen LogP contribution in [-0.4, -0.2) is 29.8 Å². The summed E-state index contributed by atoms with van der Waals surface area (Å²) in [5.74, 6) is 0. The summed E-state index contributed by atoms with van der Waals surface area (Å²) in [4.78, 5) is 2.24. The fraction of sp³-hybridized carbons (Fsp3) is 0.600. The van der Waals surface area contributed by atoms with Crippen LogP contribution in [0.4, 0.5) is 5.69 Å². The SMILES string of the molecule is CC(C)(C)NCc1cc(Cl)ccc1N1CCC(O)C1. The Labute approximate surface area is 120 Å². The molecule has 19 heavy (non-hydrogen) atoms. The maximum atomic E-state index is 9.68. The summed E-state index contributed by atoms with van der Waals surface area (Å²) in [6.45, 7) is 8.85. The molecule has 1 fully saturated rings. The Balaban J connectivity index is 2.18. The van der Waals surface area contributed by atoms with Gasteiger partial charge in [0.1, 0.15) is 0 Å². The first-order valence-electron chi connectivity index (χ1n) is 6.81. The van der Waals surface area contributed by atoms with E-state index in [4.69, 9.17) is 11.6 Å². The van der Waals surface area contributed by atoms with Gasteiger partial charge in [-0.25, -0.2) is 0 Å². The number of hydrogen-bond donors (Lipinski definition) is 2. The zero-order valence-corrected chi connectivity index (χ0v) is 12.7. The van der Waals surface area contributed by atoms with E-state index in [9.17, 15) is 5.11 Å². The zero-order valence-electron chi connectivity index (χ0n) is 11.9. The molecule has 0 amide bonds. The summed E-state index contributed by atoms with van der Waals surface area (Å²) in [5.41, 5.74) is 2.44. The second-order valence-corrected chi connectivity index (χ2v) is 6.70. The van der Waals surface area contributed by atoms with Crippen LogP contribution >= 0.6 is 11.6 Å². The van der Waals surface area contributed by atoms with Crippen LogP contribution in [0.3, 0.4) is 0 Å². The van der Waals surface area contributed by atoms with Gasteiger partial charge in [-0.3, -0.25) is 0 Å². The maximum absolute atomic E-state index is 9.68. The highest BCUT2D eigenvalue weighted by Crippen LogP contribution is 2.27. The molecule has 0 spiro atoms. The number of hydrogen-bond acceptors (Lipinski definition) is 3. The quantitative estimate of drug-likeness (QED) is 0.895. The molecular weight excluding hydrogens is 260 g/mol. The minimum absolute atomic E-state index is 0.0735. The Kier molecular flexibility index (Phi) is 4.39. The van der Waals surface area contributed by atoms with Gasteiger partial charge in [-0.2, -0.15) is 0 Å². The molecule has 0 saturated carbocycles. The summed E-state index contributed by atoms with van der Waals surface area (Å²) in [5, 5.41) is 13.9. The van der Waals surface area contributed by atoms with Crippen molar-refractivity contribution in [2.24, 2.45) is 0 Å².